The van der Waals surface area contributed by atoms with Gasteiger partial charge in [-0.2, -0.15) is 0 Å². The van der Waals surface area contributed by atoms with Gasteiger partial charge in [-0.05, 0) is 25.0 Å². The predicted octanol–water partition coefficient (Wildman–Crippen LogP) is 3.39. The molecule has 0 spiro atoms. The third-order valence-corrected chi connectivity index (χ3v) is 4.06. The second kappa shape index (κ2) is 5.48. The molecule has 0 fully saturated rings. The maximum Gasteiger partial charge on any atom is 0.296 e. The molecule has 1 aliphatic heterocycles. The molecule has 0 bridgehead atoms. The minimum absolute atomic E-state index is 0.127. The largest absolute Gasteiger partial charge is 0.436 e. The molecule has 1 unspecified atom stereocenters. The van der Waals surface area contributed by atoms with Gasteiger partial charge in [0.25, 0.3) is 5.91 Å². The van der Waals surface area contributed by atoms with Crippen LogP contribution in [0.15, 0.2) is 28.7 Å². The Hall–Kier alpha value is -2.30. The predicted molar refractivity (Wildman–Crippen MR) is 86.3 cm³/mol. The van der Waals surface area contributed by atoms with Crippen LogP contribution in [0.4, 0.5) is 11.4 Å². The molecule has 22 heavy (non-hydrogen) atoms. The van der Waals surface area contributed by atoms with Crippen LogP contribution < -0.4 is 10.2 Å². The van der Waals surface area contributed by atoms with Crippen LogP contribution in [0.1, 0.15) is 36.0 Å². The van der Waals surface area contributed by atoms with Crippen LogP contribution in [0.3, 0.4) is 0 Å². The summed E-state index contributed by atoms with van der Waals surface area (Å²) < 4.78 is 5.52. The van der Waals surface area contributed by atoms with Crippen molar-refractivity contribution in [2.75, 3.05) is 16.8 Å². The lowest BCUT2D eigenvalue weighted by Crippen LogP contribution is -2.47. The van der Waals surface area contributed by atoms with E-state index in [9.17, 15) is 4.79 Å². The summed E-state index contributed by atoms with van der Waals surface area (Å²) in [6.45, 7) is 8.48. The topological polar surface area (TPSA) is 58.4 Å². The highest BCUT2D eigenvalue weighted by molar-refractivity contribution is 6.07. The number of anilines is 2. The van der Waals surface area contributed by atoms with E-state index in [1.807, 2.05) is 24.3 Å². The van der Waals surface area contributed by atoms with Gasteiger partial charge < -0.3 is 14.6 Å². The fraction of sp³-hybridized carbons (Fsp3) is 0.412. The minimum Gasteiger partial charge on any atom is -0.436 e. The molecule has 1 amide bonds. The van der Waals surface area contributed by atoms with E-state index >= 15 is 0 Å². The average molecular weight is 299 g/mol. The molecule has 2 aromatic rings. The Morgan fingerprint density at radius 1 is 1.36 bits per heavy atom. The van der Waals surface area contributed by atoms with Gasteiger partial charge in [-0.25, -0.2) is 4.98 Å². The molecule has 5 heteroatoms. The number of amides is 1. The van der Waals surface area contributed by atoms with E-state index in [-0.39, 0.29) is 11.9 Å². The minimum atomic E-state index is -0.127. The van der Waals surface area contributed by atoms with Gasteiger partial charge in [0.2, 0.25) is 5.76 Å². The summed E-state index contributed by atoms with van der Waals surface area (Å²) in [7, 11) is 0. The number of nitrogens with zero attached hydrogens (tertiary/aromatic N) is 2. The monoisotopic (exact) mass is 299 g/mol. The standard InChI is InChI=1S/C17H21N3O2/c1-10(2)14-9-20(15-8-6-5-7-13(15)19-14)17(21)16-11(3)18-12(4)22-16/h5-8,10,14,19H,9H2,1-4H3. The smallest absolute Gasteiger partial charge is 0.296 e. The summed E-state index contributed by atoms with van der Waals surface area (Å²) >= 11 is 0. The Bertz CT molecular complexity index is 706. The second-order valence-electron chi connectivity index (χ2n) is 6.08. The Kier molecular flexibility index (Phi) is 3.64. The zero-order valence-corrected chi connectivity index (χ0v) is 13.4. The maximum atomic E-state index is 12.9. The summed E-state index contributed by atoms with van der Waals surface area (Å²) in [5.74, 6) is 1.14. The van der Waals surface area contributed by atoms with Crippen LogP contribution in [-0.2, 0) is 0 Å². The molecule has 1 aromatic heterocycles. The number of fused-ring (bicyclic) bond motifs is 1. The van der Waals surface area contributed by atoms with Crippen LogP contribution in [0.2, 0.25) is 0 Å². The van der Waals surface area contributed by atoms with E-state index in [2.05, 4.69) is 24.1 Å². The fourth-order valence-corrected chi connectivity index (χ4v) is 2.79. The summed E-state index contributed by atoms with van der Waals surface area (Å²) in [6.07, 6.45) is 0. The number of hydrogen-bond donors (Lipinski definition) is 1. The number of carbonyl (C=O) groups is 1. The van der Waals surface area contributed by atoms with Crippen LogP contribution in [-0.4, -0.2) is 23.5 Å². The van der Waals surface area contributed by atoms with Gasteiger partial charge in [-0.15, -0.1) is 0 Å². The van der Waals surface area contributed by atoms with Crippen molar-refractivity contribution in [3.05, 3.63) is 41.6 Å². The lowest BCUT2D eigenvalue weighted by atomic mass is 9.99. The number of nitrogens with one attached hydrogen (secondary N) is 1. The van der Waals surface area contributed by atoms with Crippen molar-refractivity contribution in [2.45, 2.75) is 33.7 Å². The molecule has 1 atom stereocenters. The normalized spacial score (nSPS) is 17.3. The zero-order valence-electron chi connectivity index (χ0n) is 13.4. The van der Waals surface area contributed by atoms with Crippen LogP contribution in [0, 0.1) is 19.8 Å². The molecule has 0 radical (unpaired) electrons. The van der Waals surface area contributed by atoms with Crippen molar-refractivity contribution in [3.8, 4) is 0 Å². The molecule has 0 saturated carbocycles. The fourth-order valence-electron chi connectivity index (χ4n) is 2.79. The van der Waals surface area contributed by atoms with Crippen LogP contribution in [0.5, 0.6) is 0 Å². The molecule has 1 aliphatic rings. The summed E-state index contributed by atoms with van der Waals surface area (Å²) in [5.41, 5.74) is 2.51. The molecule has 0 saturated heterocycles. The molecular weight excluding hydrogens is 278 g/mol. The zero-order chi connectivity index (χ0) is 15.9. The third kappa shape index (κ3) is 2.47. The first-order valence-corrected chi connectivity index (χ1v) is 7.59. The molecule has 2 heterocycles. The molecule has 116 valence electrons. The van der Waals surface area contributed by atoms with Crippen molar-refractivity contribution >= 4 is 17.3 Å². The Labute approximate surface area is 130 Å². The molecular formula is C17H21N3O2. The SMILES string of the molecule is Cc1nc(C)c(C(=O)N2CC(C(C)C)Nc3ccccc32)o1. The number of para-hydroxylation sites is 2. The van der Waals surface area contributed by atoms with Crippen molar-refractivity contribution in [1.82, 2.24) is 4.98 Å². The van der Waals surface area contributed by atoms with E-state index in [1.165, 1.54) is 0 Å². The summed E-state index contributed by atoms with van der Waals surface area (Å²) in [4.78, 5) is 18.9. The Morgan fingerprint density at radius 3 is 2.73 bits per heavy atom. The molecule has 1 N–H and O–H groups in total. The van der Waals surface area contributed by atoms with E-state index in [0.29, 0.717) is 29.8 Å². The van der Waals surface area contributed by atoms with Gasteiger partial charge in [0.05, 0.1) is 17.1 Å². The Morgan fingerprint density at radius 2 is 2.09 bits per heavy atom. The highest BCUT2D eigenvalue weighted by Gasteiger charge is 2.32. The molecule has 0 aliphatic carbocycles. The number of benzene rings is 1. The lowest BCUT2D eigenvalue weighted by Gasteiger charge is -2.37. The van der Waals surface area contributed by atoms with Crippen molar-refractivity contribution in [3.63, 3.8) is 0 Å². The average Bonchev–Trinajstić information content (AvgIpc) is 2.84. The van der Waals surface area contributed by atoms with E-state index < -0.39 is 0 Å². The highest BCUT2D eigenvalue weighted by Crippen LogP contribution is 2.33. The van der Waals surface area contributed by atoms with E-state index in [1.54, 1.807) is 18.7 Å². The summed E-state index contributed by atoms with van der Waals surface area (Å²) in [5, 5.41) is 3.51. The number of oxazole rings is 1. The molecule has 5 nitrogen and oxygen atoms in total. The quantitative estimate of drug-likeness (QED) is 0.923. The van der Waals surface area contributed by atoms with E-state index in [0.717, 1.165) is 11.4 Å². The van der Waals surface area contributed by atoms with Gasteiger partial charge in [-0.1, -0.05) is 26.0 Å². The van der Waals surface area contributed by atoms with Crippen molar-refractivity contribution < 1.29 is 9.21 Å². The molecule has 1 aromatic carbocycles. The van der Waals surface area contributed by atoms with Gasteiger partial charge in [0, 0.05) is 19.5 Å². The lowest BCUT2D eigenvalue weighted by molar-refractivity contribution is 0.0955. The molecule has 3 rings (SSSR count). The number of carbonyl (C=O) groups excluding carboxylic acids is 1. The highest BCUT2D eigenvalue weighted by atomic mass is 16.4. The first kappa shape index (κ1) is 14.6. The Balaban J connectivity index is 2.01. The summed E-state index contributed by atoms with van der Waals surface area (Å²) in [6, 6.07) is 8.08. The van der Waals surface area contributed by atoms with E-state index in [4.69, 9.17) is 4.42 Å². The maximum absolute atomic E-state index is 12.9. The van der Waals surface area contributed by atoms with Gasteiger partial charge >= 0.3 is 0 Å². The first-order chi connectivity index (χ1) is 10.5. The number of aromatic nitrogens is 1. The third-order valence-electron chi connectivity index (χ3n) is 4.06. The first-order valence-electron chi connectivity index (χ1n) is 7.59. The van der Waals surface area contributed by atoms with Gasteiger partial charge in [0.1, 0.15) is 0 Å². The van der Waals surface area contributed by atoms with Gasteiger partial charge in [0.15, 0.2) is 5.89 Å². The second-order valence-corrected chi connectivity index (χ2v) is 6.08. The van der Waals surface area contributed by atoms with Gasteiger partial charge in [-0.3, -0.25) is 4.79 Å². The van der Waals surface area contributed by atoms with Crippen LogP contribution in [0.25, 0.3) is 0 Å². The van der Waals surface area contributed by atoms with Crippen molar-refractivity contribution in [1.29, 1.82) is 0 Å². The van der Waals surface area contributed by atoms with Crippen molar-refractivity contribution in [2.24, 2.45) is 5.92 Å². The number of rotatable bonds is 2. The number of hydrogen-bond acceptors (Lipinski definition) is 4. The van der Waals surface area contributed by atoms with Crippen LogP contribution >= 0.6 is 0 Å². The number of aryl methyl sites for hydroxylation is 2.